The number of carbonyl (C=O) groups is 1. The van der Waals surface area contributed by atoms with E-state index in [-0.39, 0.29) is 6.04 Å². The molecule has 1 atom stereocenters. The van der Waals surface area contributed by atoms with E-state index in [0.717, 1.165) is 18.4 Å². The molecule has 0 radical (unpaired) electrons. The highest BCUT2D eigenvalue weighted by atomic mass is 32.2. The molecule has 0 bridgehead atoms. The first-order valence-corrected chi connectivity index (χ1v) is 11.5. The Morgan fingerprint density at radius 2 is 1.55 bits per heavy atom. The normalized spacial score (nSPS) is 22.1. The summed E-state index contributed by atoms with van der Waals surface area (Å²) in [6.45, 7) is 0.738. The fourth-order valence-electron chi connectivity index (χ4n) is 4.86. The molecule has 2 aromatic rings. The van der Waals surface area contributed by atoms with Gasteiger partial charge in [-0.3, -0.25) is 0 Å². The topological polar surface area (TPSA) is 77.9 Å². The molecule has 1 unspecified atom stereocenters. The molecule has 2 fully saturated rings. The van der Waals surface area contributed by atoms with Crippen molar-refractivity contribution in [1.29, 1.82) is 0 Å². The first-order valence-electron chi connectivity index (χ1n) is 10.0. The average Bonchev–Trinajstić information content (AvgIpc) is 3.08. The van der Waals surface area contributed by atoms with E-state index in [1.165, 1.54) is 4.90 Å². The smallest absolute Gasteiger partial charge is 0.407 e. The van der Waals surface area contributed by atoms with Crippen LogP contribution in [0.1, 0.15) is 31.2 Å². The molecule has 2 heterocycles. The zero-order chi connectivity index (χ0) is 20.5. The van der Waals surface area contributed by atoms with Crippen LogP contribution in [0.25, 0.3) is 0 Å². The fourth-order valence-corrected chi connectivity index (χ4v) is 6.95. The van der Waals surface area contributed by atoms with E-state index >= 15 is 0 Å². The minimum atomic E-state index is -3.69. The zero-order valence-corrected chi connectivity index (χ0v) is 17.1. The Balaban J connectivity index is 1.69. The highest BCUT2D eigenvalue weighted by Gasteiger charge is 2.53. The third-order valence-corrected chi connectivity index (χ3v) is 8.39. The fraction of sp³-hybridized carbons (Fsp3) is 0.409. The molecule has 0 aromatic heterocycles. The maximum atomic E-state index is 13.7. The molecule has 1 spiro atoms. The van der Waals surface area contributed by atoms with Gasteiger partial charge < -0.3 is 10.0 Å². The highest BCUT2D eigenvalue weighted by molar-refractivity contribution is 7.89. The number of amides is 1. The van der Waals surface area contributed by atoms with Gasteiger partial charge in [0.1, 0.15) is 0 Å². The summed E-state index contributed by atoms with van der Waals surface area (Å²) in [5.74, 6) is 0. The minimum absolute atomic E-state index is 0.126. The number of hydrogen-bond donors (Lipinski definition) is 1. The Morgan fingerprint density at radius 1 is 0.966 bits per heavy atom. The Labute approximate surface area is 171 Å². The molecule has 4 rings (SSSR count). The number of hydrogen-bond acceptors (Lipinski definition) is 3. The third kappa shape index (κ3) is 3.76. The van der Waals surface area contributed by atoms with Crippen molar-refractivity contribution in [2.24, 2.45) is 0 Å². The molecule has 7 heteroatoms. The number of rotatable bonds is 4. The lowest BCUT2D eigenvalue weighted by Gasteiger charge is -2.45. The van der Waals surface area contributed by atoms with Gasteiger partial charge in [-0.25, -0.2) is 13.2 Å². The SMILES string of the molecule is O=C(O)N1CCC2(CCC(Cc3ccccc3)N2S(=O)(=O)c2ccccc2)CC1. The number of piperidine rings is 1. The van der Waals surface area contributed by atoms with Gasteiger partial charge in [-0.15, -0.1) is 0 Å². The number of sulfonamides is 1. The van der Waals surface area contributed by atoms with E-state index in [9.17, 15) is 18.3 Å². The summed E-state index contributed by atoms with van der Waals surface area (Å²) in [6, 6.07) is 18.4. The monoisotopic (exact) mass is 414 g/mol. The largest absolute Gasteiger partial charge is 0.465 e. The molecule has 2 aliphatic heterocycles. The van der Waals surface area contributed by atoms with Gasteiger partial charge in [-0.2, -0.15) is 4.31 Å². The van der Waals surface area contributed by atoms with E-state index in [4.69, 9.17) is 0 Å². The summed E-state index contributed by atoms with van der Waals surface area (Å²) in [5, 5.41) is 9.31. The van der Waals surface area contributed by atoms with E-state index in [1.54, 1.807) is 28.6 Å². The van der Waals surface area contributed by atoms with Gasteiger partial charge in [0.15, 0.2) is 0 Å². The summed E-state index contributed by atoms with van der Waals surface area (Å²) in [6.07, 6.45) is 2.36. The number of nitrogens with zero attached hydrogens (tertiary/aromatic N) is 2. The Hall–Kier alpha value is -2.38. The van der Waals surface area contributed by atoms with Gasteiger partial charge in [0.2, 0.25) is 10.0 Å². The number of benzene rings is 2. The first-order chi connectivity index (χ1) is 13.9. The van der Waals surface area contributed by atoms with Crippen LogP contribution >= 0.6 is 0 Å². The summed E-state index contributed by atoms with van der Waals surface area (Å²) in [7, 11) is -3.69. The van der Waals surface area contributed by atoms with Crippen molar-refractivity contribution in [1.82, 2.24) is 9.21 Å². The second kappa shape index (κ2) is 7.80. The molecule has 2 aliphatic rings. The summed E-state index contributed by atoms with van der Waals surface area (Å²) < 4.78 is 29.2. The number of carboxylic acid groups (broad SMARTS) is 1. The quantitative estimate of drug-likeness (QED) is 0.829. The van der Waals surface area contributed by atoms with Crippen molar-refractivity contribution in [3.05, 3.63) is 66.2 Å². The van der Waals surface area contributed by atoms with Gasteiger partial charge in [-0.05, 0) is 49.8 Å². The van der Waals surface area contributed by atoms with Crippen LogP contribution in [0.2, 0.25) is 0 Å². The van der Waals surface area contributed by atoms with Crippen molar-refractivity contribution in [3.8, 4) is 0 Å². The molecular formula is C22H26N2O4S. The summed E-state index contributed by atoms with van der Waals surface area (Å²) >= 11 is 0. The van der Waals surface area contributed by atoms with Crippen LogP contribution in [-0.2, 0) is 16.4 Å². The predicted octanol–water partition coefficient (Wildman–Crippen LogP) is 3.60. The van der Waals surface area contributed by atoms with Gasteiger partial charge in [0.05, 0.1) is 4.90 Å². The molecule has 2 saturated heterocycles. The lowest BCUT2D eigenvalue weighted by molar-refractivity contribution is 0.0817. The van der Waals surface area contributed by atoms with Crippen molar-refractivity contribution in [3.63, 3.8) is 0 Å². The minimum Gasteiger partial charge on any atom is -0.465 e. The van der Waals surface area contributed by atoms with Gasteiger partial charge >= 0.3 is 6.09 Å². The lowest BCUT2D eigenvalue weighted by Crippen LogP contribution is -2.56. The van der Waals surface area contributed by atoms with Crippen LogP contribution in [-0.4, -0.2) is 53.5 Å². The molecule has 0 aliphatic carbocycles. The van der Waals surface area contributed by atoms with Gasteiger partial charge in [-0.1, -0.05) is 48.5 Å². The Morgan fingerprint density at radius 3 is 2.14 bits per heavy atom. The highest BCUT2D eigenvalue weighted by Crippen LogP contribution is 2.46. The zero-order valence-electron chi connectivity index (χ0n) is 16.3. The lowest BCUT2D eigenvalue weighted by atomic mass is 9.86. The molecule has 0 saturated carbocycles. The Kier molecular flexibility index (Phi) is 5.36. The van der Waals surface area contributed by atoms with Crippen molar-refractivity contribution >= 4 is 16.1 Å². The molecule has 1 amide bonds. The van der Waals surface area contributed by atoms with Gasteiger partial charge in [0, 0.05) is 24.7 Å². The summed E-state index contributed by atoms with van der Waals surface area (Å²) in [5.41, 5.74) is 0.603. The average molecular weight is 415 g/mol. The maximum Gasteiger partial charge on any atom is 0.407 e. The van der Waals surface area contributed by atoms with Crippen molar-refractivity contribution < 1.29 is 18.3 Å². The van der Waals surface area contributed by atoms with E-state index in [1.807, 2.05) is 36.4 Å². The predicted molar refractivity (Wildman–Crippen MR) is 110 cm³/mol. The number of likely N-dealkylation sites (tertiary alicyclic amines) is 1. The summed E-state index contributed by atoms with van der Waals surface area (Å²) in [4.78, 5) is 13.1. The van der Waals surface area contributed by atoms with E-state index in [0.29, 0.717) is 37.2 Å². The second-order valence-electron chi connectivity index (χ2n) is 7.99. The maximum absolute atomic E-state index is 13.7. The first kappa shape index (κ1) is 19.9. The van der Waals surface area contributed by atoms with Gasteiger partial charge in [0.25, 0.3) is 0 Å². The van der Waals surface area contributed by atoms with Crippen LogP contribution < -0.4 is 0 Å². The van der Waals surface area contributed by atoms with E-state index in [2.05, 4.69) is 0 Å². The van der Waals surface area contributed by atoms with Crippen molar-refractivity contribution in [2.45, 2.75) is 48.6 Å². The van der Waals surface area contributed by atoms with Crippen LogP contribution in [0.3, 0.4) is 0 Å². The Bertz CT molecular complexity index is 955. The van der Waals surface area contributed by atoms with Crippen LogP contribution in [0.5, 0.6) is 0 Å². The molecule has 1 N–H and O–H groups in total. The molecule has 29 heavy (non-hydrogen) atoms. The van der Waals surface area contributed by atoms with Crippen LogP contribution in [0.4, 0.5) is 4.79 Å². The molecular weight excluding hydrogens is 388 g/mol. The standard InChI is InChI=1S/C22H26N2O4S/c25-21(26)23-15-13-22(14-16-23)12-11-19(17-18-7-3-1-4-8-18)24(22)29(27,28)20-9-5-2-6-10-20/h1-10,19H,11-17H2,(H,25,26). The third-order valence-electron chi connectivity index (χ3n) is 6.32. The van der Waals surface area contributed by atoms with Crippen molar-refractivity contribution in [2.75, 3.05) is 13.1 Å². The molecule has 6 nitrogen and oxygen atoms in total. The molecule has 2 aromatic carbocycles. The second-order valence-corrected chi connectivity index (χ2v) is 9.81. The molecule has 154 valence electrons. The van der Waals surface area contributed by atoms with Crippen LogP contribution in [0, 0.1) is 0 Å². The van der Waals surface area contributed by atoms with E-state index < -0.39 is 21.7 Å². The van der Waals surface area contributed by atoms with Crippen LogP contribution in [0.15, 0.2) is 65.6 Å².